The van der Waals surface area contributed by atoms with Gasteiger partial charge in [-0.3, -0.25) is 14.0 Å². The number of nitrogens with one attached hydrogen (secondary N) is 3. The lowest BCUT2D eigenvalue weighted by Gasteiger charge is -2.12. The summed E-state index contributed by atoms with van der Waals surface area (Å²) < 4.78 is 1.69. The molecule has 21 heavy (non-hydrogen) atoms. The molecule has 0 spiro atoms. The van der Waals surface area contributed by atoms with Crippen molar-refractivity contribution in [3.63, 3.8) is 0 Å². The molecule has 3 rings (SSSR count). The zero-order valence-electron chi connectivity index (χ0n) is 11.5. The van der Waals surface area contributed by atoms with Crippen molar-refractivity contribution in [3.05, 3.63) is 36.3 Å². The Bertz CT molecular complexity index is 660. The number of imidazole rings is 1. The zero-order valence-corrected chi connectivity index (χ0v) is 11.5. The molecule has 7 nitrogen and oxygen atoms in total. The molecule has 1 atom stereocenters. The van der Waals surface area contributed by atoms with Crippen molar-refractivity contribution in [1.82, 2.24) is 25.3 Å². The van der Waals surface area contributed by atoms with Crippen LogP contribution in [0.4, 0.5) is 0 Å². The lowest BCUT2D eigenvalue weighted by atomic mass is 10.2. The van der Waals surface area contributed by atoms with E-state index in [1.54, 1.807) is 28.9 Å². The number of aromatic nitrogens is 2. The minimum Gasteiger partial charge on any atom is -0.351 e. The average Bonchev–Trinajstić information content (AvgIpc) is 3.14. The van der Waals surface area contributed by atoms with Gasteiger partial charge < -0.3 is 16.0 Å². The second-order valence-electron chi connectivity index (χ2n) is 5.01. The Morgan fingerprint density at radius 3 is 3.14 bits per heavy atom. The number of carbonyl (C=O) groups excluding carboxylic acids is 2. The normalized spacial score (nSPS) is 17.8. The molecule has 3 heterocycles. The van der Waals surface area contributed by atoms with E-state index >= 15 is 0 Å². The van der Waals surface area contributed by atoms with Crippen molar-refractivity contribution < 1.29 is 9.59 Å². The number of nitrogens with zero attached hydrogens (tertiary/aromatic N) is 2. The van der Waals surface area contributed by atoms with Crippen molar-refractivity contribution >= 4 is 17.5 Å². The molecular weight excluding hydrogens is 270 g/mol. The zero-order chi connectivity index (χ0) is 14.7. The van der Waals surface area contributed by atoms with Crippen LogP contribution >= 0.6 is 0 Å². The molecule has 110 valence electrons. The van der Waals surface area contributed by atoms with E-state index in [0.717, 1.165) is 19.5 Å². The molecule has 2 amide bonds. The van der Waals surface area contributed by atoms with Gasteiger partial charge in [-0.05, 0) is 25.1 Å². The maximum Gasteiger partial charge on any atom is 0.268 e. The van der Waals surface area contributed by atoms with Crippen LogP contribution in [0.1, 0.15) is 16.9 Å². The smallest absolute Gasteiger partial charge is 0.268 e. The van der Waals surface area contributed by atoms with Gasteiger partial charge in [-0.2, -0.15) is 0 Å². The third kappa shape index (κ3) is 3.03. The second-order valence-corrected chi connectivity index (χ2v) is 5.01. The summed E-state index contributed by atoms with van der Waals surface area (Å²) in [7, 11) is 0. The van der Waals surface area contributed by atoms with E-state index in [0.29, 0.717) is 11.3 Å². The first-order valence-corrected chi connectivity index (χ1v) is 6.94. The highest BCUT2D eigenvalue weighted by Crippen LogP contribution is 2.05. The SMILES string of the molecule is O=C(CNC(=O)c1cccc2nccn12)N[C@@H]1CCNC1. The minimum absolute atomic E-state index is 0.0274. The van der Waals surface area contributed by atoms with Crippen LogP contribution < -0.4 is 16.0 Å². The fourth-order valence-electron chi connectivity index (χ4n) is 2.44. The number of pyridine rings is 1. The van der Waals surface area contributed by atoms with Gasteiger partial charge in [0.25, 0.3) is 5.91 Å². The summed E-state index contributed by atoms with van der Waals surface area (Å²) in [5.74, 6) is -0.465. The van der Waals surface area contributed by atoms with Crippen LogP contribution in [-0.2, 0) is 4.79 Å². The monoisotopic (exact) mass is 287 g/mol. The molecule has 0 aromatic carbocycles. The van der Waals surface area contributed by atoms with Gasteiger partial charge in [0.05, 0.1) is 6.54 Å². The van der Waals surface area contributed by atoms with Crippen LogP contribution in [0.25, 0.3) is 5.65 Å². The number of rotatable bonds is 4. The summed E-state index contributed by atoms with van der Waals surface area (Å²) in [5.41, 5.74) is 1.16. The molecule has 7 heteroatoms. The molecule has 0 radical (unpaired) electrons. The Labute approximate surface area is 121 Å². The molecule has 0 bridgehead atoms. The van der Waals surface area contributed by atoms with E-state index in [1.165, 1.54) is 0 Å². The molecule has 2 aromatic heterocycles. The predicted octanol–water partition coefficient (Wildman–Crippen LogP) is -0.458. The van der Waals surface area contributed by atoms with Gasteiger partial charge in [0, 0.05) is 25.0 Å². The highest BCUT2D eigenvalue weighted by molar-refractivity contribution is 5.95. The summed E-state index contributed by atoms with van der Waals surface area (Å²) in [4.78, 5) is 28.0. The van der Waals surface area contributed by atoms with Crippen molar-refractivity contribution in [1.29, 1.82) is 0 Å². The van der Waals surface area contributed by atoms with Gasteiger partial charge >= 0.3 is 0 Å². The third-order valence-corrected chi connectivity index (χ3v) is 3.50. The van der Waals surface area contributed by atoms with Gasteiger partial charge in [0.2, 0.25) is 5.91 Å². The molecular formula is C14H17N5O2. The Kier molecular flexibility index (Phi) is 3.83. The summed E-state index contributed by atoms with van der Waals surface area (Å²) in [6, 6.07) is 5.44. The molecule has 2 aromatic rings. The number of hydrogen-bond acceptors (Lipinski definition) is 4. The molecule has 0 saturated carbocycles. The van der Waals surface area contributed by atoms with Gasteiger partial charge in [0.1, 0.15) is 11.3 Å². The van der Waals surface area contributed by atoms with Crippen LogP contribution in [0, 0.1) is 0 Å². The van der Waals surface area contributed by atoms with E-state index in [1.807, 2.05) is 6.07 Å². The highest BCUT2D eigenvalue weighted by atomic mass is 16.2. The van der Waals surface area contributed by atoms with Crippen LogP contribution in [0.3, 0.4) is 0 Å². The summed E-state index contributed by atoms with van der Waals surface area (Å²) in [5, 5.41) is 8.69. The molecule has 1 saturated heterocycles. The first-order valence-electron chi connectivity index (χ1n) is 6.94. The van der Waals surface area contributed by atoms with E-state index in [-0.39, 0.29) is 24.4 Å². The minimum atomic E-state index is -0.293. The van der Waals surface area contributed by atoms with Crippen molar-refractivity contribution in [2.75, 3.05) is 19.6 Å². The van der Waals surface area contributed by atoms with Gasteiger partial charge in [-0.1, -0.05) is 6.07 Å². The molecule has 1 aliphatic rings. The topological polar surface area (TPSA) is 87.5 Å². The Hall–Kier alpha value is -2.41. The molecule has 0 unspecified atom stereocenters. The maximum absolute atomic E-state index is 12.1. The fourth-order valence-corrected chi connectivity index (χ4v) is 2.44. The van der Waals surface area contributed by atoms with Crippen LogP contribution in [0.5, 0.6) is 0 Å². The maximum atomic E-state index is 12.1. The Morgan fingerprint density at radius 2 is 2.33 bits per heavy atom. The molecule has 3 N–H and O–H groups in total. The lowest BCUT2D eigenvalue weighted by molar-refractivity contribution is -0.120. The largest absolute Gasteiger partial charge is 0.351 e. The van der Waals surface area contributed by atoms with Crippen LogP contribution in [0.2, 0.25) is 0 Å². The van der Waals surface area contributed by atoms with Crippen molar-refractivity contribution in [3.8, 4) is 0 Å². The third-order valence-electron chi connectivity index (χ3n) is 3.50. The van der Waals surface area contributed by atoms with E-state index < -0.39 is 0 Å². The van der Waals surface area contributed by atoms with Crippen molar-refractivity contribution in [2.45, 2.75) is 12.5 Å². The fraction of sp³-hybridized carbons (Fsp3) is 0.357. The number of hydrogen-bond donors (Lipinski definition) is 3. The summed E-state index contributed by atoms with van der Waals surface area (Å²) >= 11 is 0. The molecule has 0 aliphatic carbocycles. The Morgan fingerprint density at radius 1 is 1.43 bits per heavy atom. The number of fused-ring (bicyclic) bond motifs is 1. The Balaban J connectivity index is 1.58. The first kappa shape index (κ1) is 13.6. The summed E-state index contributed by atoms with van der Waals surface area (Å²) in [6.45, 7) is 1.67. The van der Waals surface area contributed by atoms with Gasteiger partial charge in [-0.25, -0.2) is 4.98 Å². The number of amides is 2. The first-order chi connectivity index (χ1) is 10.2. The van der Waals surface area contributed by atoms with E-state index in [2.05, 4.69) is 20.9 Å². The summed E-state index contributed by atoms with van der Waals surface area (Å²) in [6.07, 6.45) is 4.27. The predicted molar refractivity (Wildman–Crippen MR) is 76.9 cm³/mol. The quantitative estimate of drug-likeness (QED) is 0.710. The van der Waals surface area contributed by atoms with Gasteiger partial charge in [-0.15, -0.1) is 0 Å². The van der Waals surface area contributed by atoms with E-state index in [9.17, 15) is 9.59 Å². The van der Waals surface area contributed by atoms with Crippen LogP contribution in [0.15, 0.2) is 30.6 Å². The second kappa shape index (κ2) is 5.92. The highest BCUT2D eigenvalue weighted by Gasteiger charge is 2.17. The lowest BCUT2D eigenvalue weighted by Crippen LogP contribution is -2.43. The van der Waals surface area contributed by atoms with E-state index in [4.69, 9.17) is 0 Å². The number of carbonyl (C=O) groups is 2. The van der Waals surface area contributed by atoms with Gasteiger partial charge in [0.15, 0.2) is 0 Å². The van der Waals surface area contributed by atoms with Crippen LogP contribution in [-0.4, -0.2) is 46.9 Å². The average molecular weight is 287 g/mol. The molecule has 1 fully saturated rings. The molecule has 1 aliphatic heterocycles. The van der Waals surface area contributed by atoms with Crippen molar-refractivity contribution in [2.24, 2.45) is 0 Å². The standard InChI is InChI=1S/C14H17N5O2/c20-13(18-10-4-5-15-8-10)9-17-14(21)11-2-1-3-12-16-6-7-19(11)12/h1-3,6-7,10,15H,4-5,8-9H2,(H,17,21)(H,18,20)/t10-/m1/s1.